The number of imide groups is 2. The van der Waals surface area contributed by atoms with Gasteiger partial charge in [0.1, 0.15) is 5.57 Å². The molecule has 0 radical (unpaired) electrons. The zero-order valence-corrected chi connectivity index (χ0v) is 23.5. The van der Waals surface area contributed by atoms with Crippen LogP contribution < -0.4 is 25.0 Å². The fourth-order valence-corrected chi connectivity index (χ4v) is 4.36. The van der Waals surface area contributed by atoms with Crippen molar-refractivity contribution < 1.29 is 28.7 Å². The van der Waals surface area contributed by atoms with Gasteiger partial charge in [0, 0.05) is 5.69 Å². The van der Waals surface area contributed by atoms with Crippen LogP contribution in [0.5, 0.6) is 11.5 Å². The molecule has 1 fully saturated rings. The smallest absolute Gasteiger partial charge is 0.335 e. The minimum absolute atomic E-state index is 0.0718. The van der Waals surface area contributed by atoms with Crippen molar-refractivity contribution >= 4 is 76.0 Å². The molecule has 0 spiro atoms. The summed E-state index contributed by atoms with van der Waals surface area (Å²) in [6, 6.07) is 13.5. The number of nitrogens with one attached hydrogen (secondary N) is 2. The SMILES string of the molecule is CCOc1cc(/C=C2/C(=O)NC(=O)N(c3ccc(Cl)c(Cl)c3)C2=O)cc(Cl)c1OCC(=O)Nc1ccccc1C. The zero-order chi connectivity index (χ0) is 29.0. The summed E-state index contributed by atoms with van der Waals surface area (Å²) in [4.78, 5) is 51.6. The number of carbonyl (C=O) groups excluding carboxylic acids is 4. The summed E-state index contributed by atoms with van der Waals surface area (Å²) in [7, 11) is 0. The monoisotopic (exact) mass is 601 g/mol. The second-order valence-electron chi connectivity index (χ2n) is 8.47. The van der Waals surface area contributed by atoms with Crippen LogP contribution in [-0.2, 0) is 14.4 Å². The minimum Gasteiger partial charge on any atom is -0.490 e. The van der Waals surface area contributed by atoms with Crippen molar-refractivity contribution in [1.29, 1.82) is 0 Å². The molecular weight excluding hydrogens is 581 g/mol. The lowest BCUT2D eigenvalue weighted by Crippen LogP contribution is -2.54. The normalized spacial score (nSPS) is 14.3. The summed E-state index contributed by atoms with van der Waals surface area (Å²) in [5, 5.41) is 5.33. The van der Waals surface area contributed by atoms with E-state index in [9.17, 15) is 19.2 Å². The quantitative estimate of drug-likeness (QED) is 0.240. The first-order valence-corrected chi connectivity index (χ1v) is 13.0. The van der Waals surface area contributed by atoms with E-state index >= 15 is 0 Å². The number of para-hydroxylation sites is 1. The second kappa shape index (κ2) is 12.4. The number of ether oxygens (including phenoxy) is 2. The van der Waals surface area contributed by atoms with Crippen molar-refractivity contribution in [1.82, 2.24) is 5.32 Å². The maximum Gasteiger partial charge on any atom is 0.335 e. The van der Waals surface area contributed by atoms with Crippen molar-refractivity contribution in [2.45, 2.75) is 13.8 Å². The number of aryl methyl sites for hydroxylation is 1. The topological polar surface area (TPSA) is 114 Å². The molecule has 1 heterocycles. The highest BCUT2D eigenvalue weighted by Gasteiger charge is 2.37. The second-order valence-corrected chi connectivity index (χ2v) is 9.69. The minimum atomic E-state index is -0.939. The molecule has 0 aliphatic carbocycles. The number of anilines is 2. The fourth-order valence-electron chi connectivity index (χ4n) is 3.79. The van der Waals surface area contributed by atoms with Crippen LogP contribution in [0.1, 0.15) is 18.1 Å². The Morgan fingerprint density at radius 3 is 2.42 bits per heavy atom. The van der Waals surface area contributed by atoms with Gasteiger partial charge in [-0.15, -0.1) is 0 Å². The van der Waals surface area contributed by atoms with Gasteiger partial charge in [0.2, 0.25) is 0 Å². The van der Waals surface area contributed by atoms with Crippen LogP contribution in [0.25, 0.3) is 6.08 Å². The number of halogens is 3. The van der Waals surface area contributed by atoms with Gasteiger partial charge in [-0.1, -0.05) is 53.0 Å². The number of hydrogen-bond donors (Lipinski definition) is 2. The number of urea groups is 1. The first kappa shape index (κ1) is 28.9. The predicted molar refractivity (Wildman–Crippen MR) is 153 cm³/mol. The van der Waals surface area contributed by atoms with Crippen LogP contribution in [0, 0.1) is 6.92 Å². The maximum atomic E-state index is 13.2. The molecule has 9 nitrogen and oxygen atoms in total. The average molecular weight is 603 g/mol. The standard InChI is InChI=1S/C28H22Cl3N3O6/c1-3-39-23-12-16(11-21(31)25(23)40-14-24(35)32-22-7-5-4-6-15(22)2)10-18-26(36)33-28(38)34(27(18)37)17-8-9-19(29)20(30)13-17/h4-13H,3,14H2,1-2H3,(H,32,35)(H,33,36,38)/b18-10-. The van der Waals surface area contributed by atoms with E-state index in [0.717, 1.165) is 10.5 Å². The lowest BCUT2D eigenvalue weighted by atomic mass is 10.1. The van der Waals surface area contributed by atoms with E-state index < -0.39 is 23.8 Å². The van der Waals surface area contributed by atoms with Crippen molar-refractivity contribution in [3.8, 4) is 11.5 Å². The highest BCUT2D eigenvalue weighted by atomic mass is 35.5. The molecule has 4 rings (SSSR count). The molecule has 5 amide bonds. The molecule has 1 aliphatic heterocycles. The number of benzene rings is 3. The number of nitrogens with zero attached hydrogens (tertiary/aromatic N) is 1. The van der Waals surface area contributed by atoms with E-state index in [1.807, 2.05) is 19.1 Å². The third-order valence-corrected chi connectivity index (χ3v) is 6.69. The summed E-state index contributed by atoms with van der Waals surface area (Å²) in [6.45, 7) is 3.49. The molecule has 2 N–H and O–H groups in total. The molecule has 0 atom stereocenters. The van der Waals surface area contributed by atoms with E-state index in [2.05, 4.69) is 10.6 Å². The Labute approximate surface area is 244 Å². The van der Waals surface area contributed by atoms with Crippen LogP contribution >= 0.6 is 34.8 Å². The van der Waals surface area contributed by atoms with E-state index in [-0.39, 0.29) is 51.0 Å². The molecule has 0 unspecified atom stereocenters. The molecule has 0 saturated carbocycles. The van der Waals surface area contributed by atoms with Gasteiger partial charge >= 0.3 is 6.03 Å². The Morgan fingerprint density at radius 2 is 1.73 bits per heavy atom. The van der Waals surface area contributed by atoms with Gasteiger partial charge in [-0.05, 0) is 67.4 Å². The Hall–Kier alpha value is -4.05. The largest absolute Gasteiger partial charge is 0.490 e. The van der Waals surface area contributed by atoms with Crippen molar-refractivity contribution in [3.05, 3.63) is 86.4 Å². The molecule has 40 heavy (non-hydrogen) atoms. The maximum absolute atomic E-state index is 13.2. The predicted octanol–water partition coefficient (Wildman–Crippen LogP) is 6.04. The van der Waals surface area contributed by atoms with Gasteiger partial charge in [-0.2, -0.15) is 0 Å². The number of rotatable bonds is 8. The molecule has 1 aliphatic rings. The Bertz CT molecular complexity index is 1560. The number of hydrogen-bond acceptors (Lipinski definition) is 6. The zero-order valence-electron chi connectivity index (χ0n) is 21.2. The molecule has 206 valence electrons. The van der Waals surface area contributed by atoms with Gasteiger partial charge in [0.05, 0.1) is 27.4 Å². The molecule has 12 heteroatoms. The third kappa shape index (κ3) is 6.39. The van der Waals surface area contributed by atoms with Gasteiger partial charge in [-0.25, -0.2) is 9.69 Å². The molecule has 0 aromatic heterocycles. The highest BCUT2D eigenvalue weighted by Crippen LogP contribution is 2.38. The summed E-state index contributed by atoms with van der Waals surface area (Å²) in [5.41, 5.74) is 1.64. The highest BCUT2D eigenvalue weighted by molar-refractivity contribution is 6.43. The molecule has 3 aromatic carbocycles. The van der Waals surface area contributed by atoms with Gasteiger partial charge in [0.15, 0.2) is 18.1 Å². The number of amides is 5. The average Bonchev–Trinajstić information content (AvgIpc) is 2.89. The van der Waals surface area contributed by atoms with E-state index in [1.165, 1.54) is 36.4 Å². The fraction of sp³-hybridized carbons (Fsp3) is 0.143. The lowest BCUT2D eigenvalue weighted by Gasteiger charge is -2.26. The van der Waals surface area contributed by atoms with Crippen LogP contribution in [0.2, 0.25) is 15.1 Å². The Morgan fingerprint density at radius 1 is 0.975 bits per heavy atom. The summed E-state index contributed by atoms with van der Waals surface area (Å²) in [5.74, 6) is -1.89. The van der Waals surface area contributed by atoms with Gasteiger partial charge < -0.3 is 14.8 Å². The lowest BCUT2D eigenvalue weighted by molar-refractivity contribution is -0.122. The first-order chi connectivity index (χ1) is 19.1. The summed E-state index contributed by atoms with van der Waals surface area (Å²) < 4.78 is 11.3. The number of carbonyl (C=O) groups is 4. The Kier molecular flexibility index (Phi) is 8.99. The van der Waals surface area contributed by atoms with Crippen molar-refractivity contribution in [3.63, 3.8) is 0 Å². The molecule has 0 bridgehead atoms. The van der Waals surface area contributed by atoms with Crippen LogP contribution in [-0.4, -0.2) is 37.0 Å². The Balaban J connectivity index is 1.59. The number of barbiturate groups is 1. The van der Waals surface area contributed by atoms with Crippen LogP contribution in [0.3, 0.4) is 0 Å². The van der Waals surface area contributed by atoms with E-state index in [0.29, 0.717) is 11.3 Å². The molecular formula is C28H22Cl3N3O6. The molecule has 3 aromatic rings. The third-order valence-electron chi connectivity index (χ3n) is 5.67. The summed E-state index contributed by atoms with van der Waals surface area (Å²) in [6.07, 6.45) is 1.26. The van der Waals surface area contributed by atoms with Crippen LogP contribution in [0.4, 0.5) is 16.2 Å². The van der Waals surface area contributed by atoms with Gasteiger partial charge in [0.25, 0.3) is 17.7 Å². The first-order valence-electron chi connectivity index (χ1n) is 11.9. The van der Waals surface area contributed by atoms with Gasteiger partial charge in [-0.3, -0.25) is 19.7 Å². The van der Waals surface area contributed by atoms with Crippen LogP contribution in [0.15, 0.2) is 60.2 Å². The van der Waals surface area contributed by atoms with E-state index in [1.54, 1.807) is 19.1 Å². The van der Waals surface area contributed by atoms with Crippen molar-refractivity contribution in [2.24, 2.45) is 0 Å². The summed E-state index contributed by atoms with van der Waals surface area (Å²) >= 11 is 18.5. The molecule has 1 saturated heterocycles. The van der Waals surface area contributed by atoms with Crippen molar-refractivity contribution in [2.75, 3.05) is 23.4 Å². The van der Waals surface area contributed by atoms with E-state index in [4.69, 9.17) is 44.3 Å².